The fourth-order valence-electron chi connectivity index (χ4n) is 3.48. The Kier molecular flexibility index (Phi) is 9.61. The Bertz CT molecular complexity index is 1560. The highest BCUT2D eigenvalue weighted by Crippen LogP contribution is 2.49. The number of rotatable bonds is 14. The van der Waals surface area contributed by atoms with Crippen LogP contribution < -0.4 is 20.8 Å². The highest BCUT2D eigenvalue weighted by molar-refractivity contribution is 7.53. The van der Waals surface area contributed by atoms with Crippen molar-refractivity contribution in [3.8, 4) is 11.5 Å². The van der Waals surface area contributed by atoms with Crippen LogP contribution in [-0.2, 0) is 36.3 Å². The van der Waals surface area contributed by atoms with Crippen LogP contribution in [0.15, 0.2) is 59.7 Å². The van der Waals surface area contributed by atoms with Crippen molar-refractivity contribution in [3.05, 3.63) is 76.6 Å². The lowest BCUT2D eigenvalue weighted by Crippen LogP contribution is -2.14. The van der Waals surface area contributed by atoms with Crippen molar-refractivity contribution in [1.82, 2.24) is 19.5 Å². The van der Waals surface area contributed by atoms with Crippen LogP contribution in [0.2, 0.25) is 0 Å². The molecule has 0 saturated heterocycles. The Hall–Kier alpha value is -4.10. The number of anilines is 1. The van der Waals surface area contributed by atoms with Gasteiger partial charge in [-0.1, -0.05) is 12.1 Å². The normalized spacial score (nSPS) is 12.8. The first-order valence-electron chi connectivity index (χ1n) is 12.0. The van der Waals surface area contributed by atoms with Crippen LogP contribution in [0, 0.1) is 5.82 Å². The maximum Gasteiger partial charge on any atom is 0.356 e. The van der Waals surface area contributed by atoms with E-state index in [9.17, 15) is 18.5 Å². The van der Waals surface area contributed by atoms with Gasteiger partial charge in [0, 0.05) is 6.54 Å². The fraction of sp³-hybridized carbons (Fsp3) is 0.280. The minimum atomic E-state index is -3.90. The molecule has 4 rings (SSSR count). The van der Waals surface area contributed by atoms with E-state index < -0.39 is 31.3 Å². The zero-order valence-electron chi connectivity index (χ0n) is 21.4. The fourth-order valence-corrected chi connectivity index (χ4v) is 4.77. The summed E-state index contributed by atoms with van der Waals surface area (Å²) in [5.41, 5.74) is 5.94. The number of nitrogens with two attached hydrogens (primary N) is 1. The van der Waals surface area contributed by atoms with Gasteiger partial charge in [0.05, 0.1) is 39.7 Å². The van der Waals surface area contributed by atoms with E-state index in [4.69, 9.17) is 29.0 Å². The summed E-state index contributed by atoms with van der Waals surface area (Å²) in [7, 11) is -2.38. The Morgan fingerprint density at radius 1 is 1.12 bits per heavy atom. The second kappa shape index (κ2) is 13.3. The summed E-state index contributed by atoms with van der Waals surface area (Å²) >= 11 is 0. The van der Waals surface area contributed by atoms with E-state index in [1.165, 1.54) is 31.6 Å². The summed E-state index contributed by atoms with van der Waals surface area (Å²) in [5.74, 6) is -0.236. The number of carbonyl (C=O) groups is 1. The number of nitrogens with one attached hydrogen (secondary N) is 1. The first-order chi connectivity index (χ1) is 19.2. The average molecular weight is 575 g/mol. The SMILES string of the molecule is COc1ccc(OC(=O)CCOP(=O)(COCCn2cnc3c(=O)[nH]c(N)nc32)OCc2cccc(F)c2)cc1. The van der Waals surface area contributed by atoms with E-state index in [2.05, 4.69) is 15.0 Å². The number of benzene rings is 2. The molecule has 0 spiro atoms. The molecule has 0 aliphatic carbocycles. The highest BCUT2D eigenvalue weighted by atomic mass is 31.2. The number of aromatic amines is 1. The van der Waals surface area contributed by atoms with Crippen LogP contribution in [0.1, 0.15) is 12.0 Å². The number of ether oxygens (including phenoxy) is 3. The molecule has 0 fully saturated rings. The predicted octanol–water partition coefficient (Wildman–Crippen LogP) is 3.25. The van der Waals surface area contributed by atoms with Crippen molar-refractivity contribution < 1.29 is 37.0 Å². The molecule has 0 aliphatic heterocycles. The average Bonchev–Trinajstić information content (AvgIpc) is 3.33. The topological polar surface area (TPSA) is 170 Å². The van der Waals surface area contributed by atoms with Gasteiger partial charge in [0.2, 0.25) is 5.95 Å². The number of nitrogen functional groups attached to an aromatic ring is 1. The number of methoxy groups -OCH3 is 1. The quantitative estimate of drug-likeness (QED) is 0.0979. The van der Waals surface area contributed by atoms with Crippen molar-refractivity contribution >= 4 is 30.7 Å². The van der Waals surface area contributed by atoms with Crippen molar-refractivity contribution in [1.29, 1.82) is 0 Å². The van der Waals surface area contributed by atoms with Crippen LogP contribution in [-0.4, -0.2) is 52.2 Å². The number of hydrogen-bond acceptors (Lipinski definition) is 11. The van der Waals surface area contributed by atoms with Crippen LogP contribution >= 0.6 is 7.60 Å². The van der Waals surface area contributed by atoms with Gasteiger partial charge in [-0.05, 0) is 42.0 Å². The number of fused-ring (bicyclic) bond motifs is 1. The van der Waals surface area contributed by atoms with Crippen molar-refractivity contribution in [2.24, 2.45) is 0 Å². The smallest absolute Gasteiger partial charge is 0.356 e. The number of aromatic nitrogens is 4. The summed E-state index contributed by atoms with van der Waals surface area (Å²) in [6, 6.07) is 12.0. The first kappa shape index (κ1) is 28.9. The number of carbonyl (C=O) groups excluding carboxylic acids is 1. The Balaban J connectivity index is 1.33. The lowest BCUT2D eigenvalue weighted by molar-refractivity contribution is -0.134. The number of nitrogens with zero attached hydrogens (tertiary/aromatic N) is 3. The lowest BCUT2D eigenvalue weighted by Gasteiger charge is -2.19. The van der Waals surface area contributed by atoms with Gasteiger partial charge < -0.3 is 33.6 Å². The Morgan fingerprint density at radius 3 is 2.65 bits per heavy atom. The zero-order chi connectivity index (χ0) is 28.5. The monoisotopic (exact) mass is 575 g/mol. The lowest BCUT2D eigenvalue weighted by atomic mass is 10.2. The first-order valence-corrected chi connectivity index (χ1v) is 13.7. The van der Waals surface area contributed by atoms with E-state index in [0.717, 1.165) is 0 Å². The molecule has 3 N–H and O–H groups in total. The highest BCUT2D eigenvalue weighted by Gasteiger charge is 2.26. The maximum absolute atomic E-state index is 13.6. The number of esters is 1. The van der Waals surface area contributed by atoms with Crippen molar-refractivity contribution in [2.75, 3.05) is 32.4 Å². The molecule has 1 atom stereocenters. The molecule has 0 aliphatic rings. The molecule has 1 unspecified atom stereocenters. The molecule has 0 bridgehead atoms. The minimum Gasteiger partial charge on any atom is -0.497 e. The second-order valence-corrected chi connectivity index (χ2v) is 10.3. The third-order valence-electron chi connectivity index (χ3n) is 5.42. The van der Waals surface area contributed by atoms with Crippen molar-refractivity contribution in [2.45, 2.75) is 19.6 Å². The molecule has 40 heavy (non-hydrogen) atoms. The molecular weight excluding hydrogens is 548 g/mol. The van der Waals surface area contributed by atoms with Gasteiger partial charge in [-0.2, -0.15) is 4.98 Å². The molecule has 0 amide bonds. The standard InChI is InChI=1S/C25H27FN5O8P/c1-35-19-5-7-20(8-6-19)39-21(32)9-11-37-40(34,38-14-17-3-2-4-18(26)13-17)16-36-12-10-31-15-28-22-23(31)29-25(27)30-24(22)33/h2-8,13,15H,9-12,14,16H2,1H3,(H3,27,29,30,33). The summed E-state index contributed by atoms with van der Waals surface area (Å²) in [4.78, 5) is 34.6. The van der Waals surface area contributed by atoms with E-state index in [-0.39, 0.29) is 49.9 Å². The van der Waals surface area contributed by atoms with Crippen LogP contribution in [0.5, 0.6) is 11.5 Å². The molecule has 4 aromatic rings. The Labute approximate surface area is 227 Å². The number of imidazole rings is 1. The van der Waals surface area contributed by atoms with Gasteiger partial charge in [0.15, 0.2) is 11.2 Å². The number of hydrogen-bond donors (Lipinski definition) is 2. The van der Waals surface area contributed by atoms with E-state index in [0.29, 0.717) is 17.1 Å². The molecule has 212 valence electrons. The Morgan fingerprint density at radius 2 is 1.90 bits per heavy atom. The molecule has 2 aromatic heterocycles. The third-order valence-corrected chi connectivity index (χ3v) is 7.02. The van der Waals surface area contributed by atoms with Gasteiger partial charge >= 0.3 is 13.6 Å². The molecule has 0 saturated carbocycles. The molecular formula is C25H27FN5O8P. The maximum atomic E-state index is 13.6. The minimum absolute atomic E-state index is 0.0238. The van der Waals surface area contributed by atoms with Crippen molar-refractivity contribution in [3.63, 3.8) is 0 Å². The van der Waals surface area contributed by atoms with Crippen LogP contribution in [0.3, 0.4) is 0 Å². The van der Waals surface area contributed by atoms with Gasteiger partial charge in [0.1, 0.15) is 23.7 Å². The third kappa shape index (κ3) is 7.96. The molecule has 2 heterocycles. The molecule has 0 radical (unpaired) electrons. The molecule has 15 heteroatoms. The van der Waals surface area contributed by atoms with Gasteiger partial charge in [-0.25, -0.2) is 9.37 Å². The zero-order valence-corrected chi connectivity index (χ0v) is 22.3. The summed E-state index contributed by atoms with van der Waals surface area (Å²) < 4.78 is 55.4. The van der Waals surface area contributed by atoms with Crippen LogP contribution in [0.25, 0.3) is 11.2 Å². The second-order valence-electron chi connectivity index (χ2n) is 8.35. The predicted molar refractivity (Wildman–Crippen MR) is 141 cm³/mol. The van der Waals surface area contributed by atoms with Gasteiger partial charge in [-0.3, -0.25) is 19.1 Å². The largest absolute Gasteiger partial charge is 0.497 e. The number of H-pyrrole nitrogens is 1. The summed E-state index contributed by atoms with van der Waals surface area (Å²) in [5, 5.41) is 0. The van der Waals surface area contributed by atoms with Crippen LogP contribution in [0.4, 0.5) is 10.3 Å². The summed E-state index contributed by atoms with van der Waals surface area (Å²) in [6.45, 7) is -0.274. The summed E-state index contributed by atoms with van der Waals surface area (Å²) in [6.07, 6.45) is 0.724. The van der Waals surface area contributed by atoms with E-state index in [1.807, 2.05) is 0 Å². The molecule has 13 nitrogen and oxygen atoms in total. The van der Waals surface area contributed by atoms with Gasteiger partial charge in [-0.15, -0.1) is 0 Å². The van der Waals surface area contributed by atoms with Gasteiger partial charge in [0.25, 0.3) is 5.56 Å². The van der Waals surface area contributed by atoms with E-state index in [1.54, 1.807) is 34.9 Å². The number of halogens is 1. The van der Waals surface area contributed by atoms with E-state index >= 15 is 0 Å². The molecule has 2 aromatic carbocycles.